The molecule has 4 rings (SSSR count). The minimum atomic E-state index is -0.654. The fourth-order valence-electron chi connectivity index (χ4n) is 5.28. The van der Waals surface area contributed by atoms with Crippen LogP contribution in [-0.4, -0.2) is 51.8 Å². The number of H-pyrrole nitrogens is 1. The topological polar surface area (TPSA) is 61.4 Å². The van der Waals surface area contributed by atoms with Crippen LogP contribution in [0, 0.1) is 19.8 Å². The molecule has 2 aromatic heterocycles. The number of aryl methyl sites for hydroxylation is 2. The lowest BCUT2D eigenvalue weighted by Crippen LogP contribution is -2.45. The van der Waals surface area contributed by atoms with E-state index in [0.717, 1.165) is 42.2 Å². The highest BCUT2D eigenvalue weighted by Crippen LogP contribution is 2.37. The number of rotatable bonds is 7. The van der Waals surface area contributed by atoms with Gasteiger partial charge in [0.2, 0.25) is 0 Å². The van der Waals surface area contributed by atoms with Crippen LogP contribution in [0.1, 0.15) is 63.4 Å². The van der Waals surface area contributed by atoms with Crippen LogP contribution in [0.5, 0.6) is 5.75 Å². The highest BCUT2D eigenvalue weighted by Gasteiger charge is 2.25. The lowest BCUT2D eigenvalue weighted by atomic mass is 9.95. The number of aromatic amines is 1. The molecule has 1 saturated heterocycles. The van der Waals surface area contributed by atoms with E-state index in [9.17, 15) is 5.11 Å². The number of hydrogen-bond donors (Lipinski definition) is 2. The molecular formula is C28H39N3O2. The molecule has 33 heavy (non-hydrogen) atoms. The van der Waals surface area contributed by atoms with Crippen molar-refractivity contribution in [2.24, 2.45) is 5.92 Å². The van der Waals surface area contributed by atoms with Gasteiger partial charge >= 0.3 is 0 Å². The first-order valence-electron chi connectivity index (χ1n) is 12.3. The van der Waals surface area contributed by atoms with Crippen molar-refractivity contribution in [3.63, 3.8) is 0 Å². The van der Waals surface area contributed by atoms with Crippen molar-refractivity contribution >= 4 is 10.9 Å². The van der Waals surface area contributed by atoms with E-state index in [2.05, 4.69) is 59.0 Å². The zero-order valence-corrected chi connectivity index (χ0v) is 21.0. The van der Waals surface area contributed by atoms with E-state index in [4.69, 9.17) is 4.74 Å². The number of nitrogens with one attached hydrogen (secondary N) is 1. The quantitative estimate of drug-likeness (QED) is 0.476. The van der Waals surface area contributed by atoms with Crippen molar-refractivity contribution in [3.05, 3.63) is 47.3 Å². The Morgan fingerprint density at radius 2 is 1.91 bits per heavy atom. The number of fused-ring (bicyclic) bond motifs is 1. The van der Waals surface area contributed by atoms with Gasteiger partial charge in [0.15, 0.2) is 0 Å². The van der Waals surface area contributed by atoms with E-state index in [0.29, 0.717) is 25.0 Å². The molecule has 1 fully saturated rings. The molecule has 0 amide bonds. The van der Waals surface area contributed by atoms with Crippen molar-refractivity contribution in [1.82, 2.24) is 14.9 Å². The smallest absolute Gasteiger partial charge is 0.120 e. The van der Waals surface area contributed by atoms with Crippen LogP contribution in [0.3, 0.4) is 0 Å². The Morgan fingerprint density at radius 1 is 1.18 bits per heavy atom. The first-order chi connectivity index (χ1) is 15.6. The molecule has 0 spiro atoms. The van der Waals surface area contributed by atoms with Gasteiger partial charge in [-0.2, -0.15) is 0 Å². The van der Waals surface area contributed by atoms with E-state index >= 15 is 0 Å². The highest BCUT2D eigenvalue weighted by molar-refractivity contribution is 5.92. The van der Waals surface area contributed by atoms with Crippen LogP contribution in [0.25, 0.3) is 22.2 Å². The van der Waals surface area contributed by atoms with E-state index < -0.39 is 5.60 Å². The van der Waals surface area contributed by atoms with Crippen LogP contribution in [0.2, 0.25) is 0 Å². The van der Waals surface area contributed by atoms with Gasteiger partial charge in [0.1, 0.15) is 5.75 Å². The summed E-state index contributed by atoms with van der Waals surface area (Å²) in [6.45, 7) is 15.8. The molecule has 3 aromatic rings. The van der Waals surface area contributed by atoms with Gasteiger partial charge in [0.25, 0.3) is 0 Å². The number of aromatic nitrogens is 2. The lowest BCUT2D eigenvalue weighted by Gasteiger charge is -2.35. The average Bonchev–Trinajstić information content (AvgIpc) is 3.10. The largest absolute Gasteiger partial charge is 0.493 e. The predicted molar refractivity (Wildman–Crippen MR) is 136 cm³/mol. The van der Waals surface area contributed by atoms with Gasteiger partial charge in [-0.25, -0.2) is 0 Å². The maximum absolute atomic E-state index is 10.2. The summed E-state index contributed by atoms with van der Waals surface area (Å²) >= 11 is 0. The summed E-state index contributed by atoms with van der Waals surface area (Å²) < 4.78 is 6.31. The van der Waals surface area contributed by atoms with Gasteiger partial charge in [-0.1, -0.05) is 13.8 Å². The minimum absolute atomic E-state index is 0.381. The number of ether oxygens (including phenoxy) is 1. The average molecular weight is 450 g/mol. The van der Waals surface area contributed by atoms with Gasteiger partial charge in [-0.15, -0.1) is 0 Å². The van der Waals surface area contributed by atoms with Gasteiger partial charge in [-0.05, 0) is 88.9 Å². The zero-order chi connectivity index (χ0) is 23.8. The standard InChI is InChI=1S/C28H39N3O2/c1-18(2)26-24-14-23(33-16-21-8-7-11-31(15-21)17-28(5,6)32)9-10-25(24)30-27(26)22-12-19(3)29-20(4)13-22/h9-10,12-14,18,21,30,32H,7-8,11,15-17H2,1-6H3. The summed E-state index contributed by atoms with van der Waals surface area (Å²) in [5.74, 6) is 1.80. The zero-order valence-electron chi connectivity index (χ0n) is 21.0. The second-order valence-corrected chi connectivity index (χ2v) is 10.8. The van der Waals surface area contributed by atoms with E-state index in [1.54, 1.807) is 0 Å². The van der Waals surface area contributed by atoms with Crippen LogP contribution in [0.4, 0.5) is 0 Å². The Balaban J connectivity index is 1.55. The molecule has 0 saturated carbocycles. The number of nitrogens with zero attached hydrogens (tertiary/aromatic N) is 2. The molecule has 178 valence electrons. The number of likely N-dealkylation sites (tertiary alicyclic amines) is 1. The fourth-order valence-corrected chi connectivity index (χ4v) is 5.28. The molecule has 1 aliphatic heterocycles. The van der Waals surface area contributed by atoms with Gasteiger partial charge < -0.3 is 19.7 Å². The predicted octanol–water partition coefficient (Wildman–Crippen LogP) is 5.83. The third-order valence-corrected chi connectivity index (χ3v) is 6.46. The van der Waals surface area contributed by atoms with E-state index in [1.165, 1.54) is 28.6 Å². The highest BCUT2D eigenvalue weighted by atomic mass is 16.5. The summed E-state index contributed by atoms with van der Waals surface area (Å²) in [5, 5.41) is 11.4. The van der Waals surface area contributed by atoms with Gasteiger partial charge in [-0.3, -0.25) is 4.98 Å². The van der Waals surface area contributed by atoms with E-state index in [-0.39, 0.29) is 0 Å². The number of piperidine rings is 1. The summed E-state index contributed by atoms with van der Waals surface area (Å²) in [4.78, 5) is 10.6. The molecule has 1 aromatic carbocycles. The number of aliphatic hydroxyl groups is 1. The summed E-state index contributed by atoms with van der Waals surface area (Å²) in [6.07, 6.45) is 2.34. The van der Waals surface area contributed by atoms with Crippen molar-refractivity contribution in [3.8, 4) is 17.0 Å². The molecule has 5 heteroatoms. The molecule has 5 nitrogen and oxygen atoms in total. The third kappa shape index (κ3) is 5.77. The Kier molecular flexibility index (Phi) is 6.83. The Hall–Kier alpha value is -2.37. The molecule has 3 heterocycles. The molecule has 0 aliphatic carbocycles. The normalized spacial score (nSPS) is 17.8. The summed E-state index contributed by atoms with van der Waals surface area (Å²) in [7, 11) is 0. The summed E-state index contributed by atoms with van der Waals surface area (Å²) in [6, 6.07) is 10.7. The number of hydrogen-bond acceptors (Lipinski definition) is 4. The maximum atomic E-state index is 10.2. The second-order valence-electron chi connectivity index (χ2n) is 10.8. The monoisotopic (exact) mass is 449 g/mol. The Morgan fingerprint density at radius 3 is 2.58 bits per heavy atom. The molecule has 1 aliphatic rings. The molecular weight excluding hydrogens is 410 g/mol. The first-order valence-corrected chi connectivity index (χ1v) is 12.3. The van der Waals surface area contributed by atoms with Crippen LogP contribution < -0.4 is 4.74 Å². The Bertz CT molecular complexity index is 1090. The minimum Gasteiger partial charge on any atom is -0.493 e. The SMILES string of the molecule is Cc1cc(-c2[nH]c3ccc(OCC4CCCN(CC(C)(C)O)C4)cc3c2C(C)C)cc(C)n1. The first kappa shape index (κ1) is 23.8. The maximum Gasteiger partial charge on any atom is 0.120 e. The van der Waals surface area contributed by atoms with E-state index in [1.807, 2.05) is 27.7 Å². The van der Waals surface area contributed by atoms with Crippen molar-refractivity contribution < 1.29 is 9.84 Å². The number of benzene rings is 1. The van der Waals surface area contributed by atoms with Gasteiger partial charge in [0, 0.05) is 46.9 Å². The number of β-amino-alcohol motifs (C(OH)–C–C–N with tert-alkyl or cyclic N) is 1. The molecule has 1 unspecified atom stereocenters. The molecule has 0 bridgehead atoms. The van der Waals surface area contributed by atoms with Crippen molar-refractivity contribution in [1.29, 1.82) is 0 Å². The van der Waals surface area contributed by atoms with Crippen molar-refractivity contribution in [2.75, 3.05) is 26.2 Å². The second kappa shape index (κ2) is 9.47. The molecule has 0 radical (unpaired) electrons. The van der Waals surface area contributed by atoms with Crippen molar-refractivity contribution in [2.45, 2.75) is 65.9 Å². The van der Waals surface area contributed by atoms with Crippen LogP contribution in [0.15, 0.2) is 30.3 Å². The fraction of sp³-hybridized carbons (Fsp3) is 0.536. The van der Waals surface area contributed by atoms with Crippen LogP contribution >= 0.6 is 0 Å². The lowest BCUT2D eigenvalue weighted by molar-refractivity contribution is 0.0167. The molecule has 1 atom stereocenters. The number of pyridine rings is 1. The summed E-state index contributed by atoms with van der Waals surface area (Å²) in [5.41, 5.74) is 6.26. The van der Waals surface area contributed by atoms with Crippen LogP contribution in [-0.2, 0) is 0 Å². The Labute approximate surface area is 198 Å². The third-order valence-electron chi connectivity index (χ3n) is 6.46. The van der Waals surface area contributed by atoms with Gasteiger partial charge in [0.05, 0.1) is 17.9 Å². The molecule has 2 N–H and O–H groups in total.